The summed E-state index contributed by atoms with van der Waals surface area (Å²) in [5.74, 6) is 0.546. The fourth-order valence-electron chi connectivity index (χ4n) is 3.92. The average Bonchev–Trinajstić information content (AvgIpc) is 2.79. The maximum Gasteiger partial charge on any atom is 0.129 e. The van der Waals surface area contributed by atoms with E-state index in [0.717, 1.165) is 44.8 Å². The Morgan fingerprint density at radius 2 is 1.53 bits per heavy atom. The molecule has 1 aliphatic heterocycles. The quantitative estimate of drug-likeness (QED) is 0.431. The van der Waals surface area contributed by atoms with E-state index in [1.807, 2.05) is 24.3 Å². The van der Waals surface area contributed by atoms with Gasteiger partial charge in [0.1, 0.15) is 18.2 Å². The van der Waals surface area contributed by atoms with Crippen molar-refractivity contribution in [1.29, 1.82) is 0 Å². The van der Waals surface area contributed by atoms with Crippen LogP contribution in [0.3, 0.4) is 0 Å². The van der Waals surface area contributed by atoms with Gasteiger partial charge >= 0.3 is 0 Å². The molecule has 1 fully saturated rings. The summed E-state index contributed by atoms with van der Waals surface area (Å²) in [4.78, 5) is 2.53. The molecule has 4 rings (SSSR count). The van der Waals surface area contributed by atoms with Crippen LogP contribution in [0, 0.1) is 5.82 Å². The first-order valence-electron chi connectivity index (χ1n) is 10.7. The van der Waals surface area contributed by atoms with Crippen molar-refractivity contribution in [1.82, 2.24) is 10.2 Å². The molecule has 0 unspecified atom stereocenters. The summed E-state index contributed by atoms with van der Waals surface area (Å²) < 4.78 is 19.6. The van der Waals surface area contributed by atoms with E-state index in [9.17, 15) is 4.39 Å². The molecule has 0 atom stereocenters. The summed E-state index contributed by atoms with van der Waals surface area (Å²) >= 11 is 0. The van der Waals surface area contributed by atoms with Crippen LogP contribution in [0.15, 0.2) is 78.9 Å². The van der Waals surface area contributed by atoms with Gasteiger partial charge in [-0.25, -0.2) is 4.39 Å². The van der Waals surface area contributed by atoms with Crippen molar-refractivity contribution >= 4 is 24.8 Å². The lowest BCUT2D eigenvalue weighted by molar-refractivity contribution is 0.190. The number of benzene rings is 3. The number of likely N-dealkylation sites (tertiary alicyclic amines) is 1. The number of hydrogen-bond acceptors (Lipinski definition) is 3. The Bertz CT molecular complexity index is 934. The summed E-state index contributed by atoms with van der Waals surface area (Å²) in [6.45, 7) is 4.34. The molecule has 32 heavy (non-hydrogen) atoms. The number of rotatable bonds is 8. The second-order valence-electron chi connectivity index (χ2n) is 7.94. The zero-order valence-corrected chi connectivity index (χ0v) is 19.7. The Labute approximate surface area is 202 Å². The Morgan fingerprint density at radius 3 is 2.28 bits per heavy atom. The molecule has 1 saturated heterocycles. The van der Waals surface area contributed by atoms with Gasteiger partial charge in [-0.15, -0.1) is 24.8 Å². The number of ether oxygens (including phenoxy) is 1. The van der Waals surface area contributed by atoms with Crippen LogP contribution >= 0.6 is 24.8 Å². The molecule has 1 heterocycles. The molecule has 1 aliphatic rings. The average molecular weight is 477 g/mol. The molecule has 0 amide bonds. The van der Waals surface area contributed by atoms with E-state index in [1.165, 1.54) is 17.2 Å². The van der Waals surface area contributed by atoms with Crippen molar-refractivity contribution in [2.45, 2.75) is 38.6 Å². The first-order valence-corrected chi connectivity index (χ1v) is 10.7. The van der Waals surface area contributed by atoms with Gasteiger partial charge in [-0.1, -0.05) is 60.7 Å². The van der Waals surface area contributed by atoms with Crippen molar-refractivity contribution in [3.63, 3.8) is 0 Å². The van der Waals surface area contributed by atoms with E-state index >= 15 is 0 Å². The fraction of sp³-hybridized carbons (Fsp3) is 0.308. The Hall–Kier alpha value is -2.11. The smallest absolute Gasteiger partial charge is 0.129 e. The van der Waals surface area contributed by atoms with Gasteiger partial charge in [-0.05, 0) is 55.3 Å². The maximum absolute atomic E-state index is 13.8. The highest BCUT2D eigenvalue weighted by atomic mass is 35.5. The molecular formula is C26H31Cl2FN2O. The Kier molecular flexibility index (Phi) is 11.0. The molecular weight excluding hydrogens is 446 g/mol. The van der Waals surface area contributed by atoms with Gasteiger partial charge in [0.15, 0.2) is 0 Å². The van der Waals surface area contributed by atoms with Crippen molar-refractivity contribution in [2.75, 3.05) is 13.1 Å². The topological polar surface area (TPSA) is 24.5 Å². The predicted molar refractivity (Wildman–Crippen MR) is 133 cm³/mol. The lowest BCUT2D eigenvalue weighted by atomic mass is 10.0. The van der Waals surface area contributed by atoms with Crippen LogP contribution in [0.4, 0.5) is 4.39 Å². The molecule has 3 nitrogen and oxygen atoms in total. The number of nitrogens with one attached hydrogen (secondary N) is 1. The second kappa shape index (κ2) is 13.4. The summed E-state index contributed by atoms with van der Waals surface area (Å²) in [6, 6.07) is 26.0. The van der Waals surface area contributed by atoms with E-state index in [0.29, 0.717) is 11.6 Å². The monoisotopic (exact) mass is 476 g/mol. The molecule has 6 heteroatoms. The third-order valence-corrected chi connectivity index (χ3v) is 5.68. The van der Waals surface area contributed by atoms with E-state index < -0.39 is 0 Å². The second-order valence-corrected chi connectivity index (χ2v) is 7.94. The summed E-state index contributed by atoms with van der Waals surface area (Å²) in [5, 5.41) is 3.69. The van der Waals surface area contributed by atoms with E-state index in [-0.39, 0.29) is 37.2 Å². The normalized spacial score (nSPS) is 14.3. The first-order chi connectivity index (χ1) is 14.8. The number of piperidine rings is 1. The number of nitrogens with zero attached hydrogens (tertiary/aromatic N) is 1. The van der Waals surface area contributed by atoms with Crippen LogP contribution in [0.1, 0.15) is 29.5 Å². The van der Waals surface area contributed by atoms with Gasteiger partial charge < -0.3 is 10.1 Å². The first kappa shape index (κ1) is 26.1. The summed E-state index contributed by atoms with van der Waals surface area (Å²) in [6.07, 6.45) is 2.33. The highest BCUT2D eigenvalue weighted by Gasteiger charge is 2.18. The molecule has 0 aliphatic carbocycles. The van der Waals surface area contributed by atoms with Gasteiger partial charge in [0.2, 0.25) is 0 Å². The minimum Gasteiger partial charge on any atom is -0.489 e. The Morgan fingerprint density at radius 1 is 0.844 bits per heavy atom. The SMILES string of the molecule is Cl.Cl.Fc1ccccc1COc1cccc(CNC2CCN(Cc3ccccc3)CC2)c1. The predicted octanol–water partition coefficient (Wildman–Crippen LogP) is 6.00. The van der Waals surface area contributed by atoms with Crippen molar-refractivity contribution in [3.8, 4) is 5.75 Å². The number of hydrogen-bond donors (Lipinski definition) is 1. The van der Waals surface area contributed by atoms with Crippen LogP contribution in [-0.4, -0.2) is 24.0 Å². The van der Waals surface area contributed by atoms with Crippen LogP contribution in [-0.2, 0) is 19.7 Å². The summed E-state index contributed by atoms with van der Waals surface area (Å²) in [5.41, 5.74) is 3.15. The molecule has 3 aromatic carbocycles. The standard InChI is InChI=1S/C26H29FN2O.2ClH/c27-26-12-5-4-10-23(26)20-30-25-11-6-9-22(17-25)18-28-24-13-15-29(16-14-24)19-21-7-2-1-3-8-21;;/h1-12,17,24,28H,13-16,18-20H2;2*1H. The van der Waals surface area contributed by atoms with Gasteiger partial charge in [0.25, 0.3) is 0 Å². The largest absolute Gasteiger partial charge is 0.489 e. The van der Waals surface area contributed by atoms with Crippen LogP contribution in [0.2, 0.25) is 0 Å². The third-order valence-electron chi connectivity index (χ3n) is 5.68. The van der Waals surface area contributed by atoms with Crippen molar-refractivity contribution < 1.29 is 9.13 Å². The minimum atomic E-state index is -0.228. The molecule has 0 saturated carbocycles. The zero-order chi connectivity index (χ0) is 20.6. The van der Waals surface area contributed by atoms with E-state index in [4.69, 9.17) is 4.74 Å². The third kappa shape index (κ3) is 7.79. The van der Waals surface area contributed by atoms with Crippen molar-refractivity contribution in [2.24, 2.45) is 0 Å². The van der Waals surface area contributed by atoms with Crippen LogP contribution in [0.5, 0.6) is 5.75 Å². The highest BCUT2D eigenvalue weighted by molar-refractivity contribution is 5.85. The van der Waals surface area contributed by atoms with Crippen molar-refractivity contribution in [3.05, 3.63) is 101 Å². The molecule has 1 N–H and O–H groups in total. The van der Waals surface area contributed by atoms with E-state index in [2.05, 4.69) is 46.6 Å². The fourth-order valence-corrected chi connectivity index (χ4v) is 3.92. The van der Waals surface area contributed by atoms with Gasteiger partial charge in [-0.2, -0.15) is 0 Å². The van der Waals surface area contributed by atoms with E-state index in [1.54, 1.807) is 12.1 Å². The highest BCUT2D eigenvalue weighted by Crippen LogP contribution is 2.18. The molecule has 0 bridgehead atoms. The molecule has 172 valence electrons. The zero-order valence-electron chi connectivity index (χ0n) is 18.1. The number of halogens is 3. The lowest BCUT2D eigenvalue weighted by Crippen LogP contribution is -2.41. The molecule has 0 radical (unpaired) electrons. The molecule has 0 aromatic heterocycles. The van der Waals surface area contributed by atoms with Crippen LogP contribution in [0.25, 0.3) is 0 Å². The van der Waals surface area contributed by atoms with Crippen LogP contribution < -0.4 is 10.1 Å². The minimum absolute atomic E-state index is 0. The van der Waals surface area contributed by atoms with Gasteiger partial charge in [0, 0.05) is 24.7 Å². The molecule has 0 spiro atoms. The lowest BCUT2D eigenvalue weighted by Gasteiger charge is -2.32. The Balaban J connectivity index is 0.00000181. The van der Waals surface area contributed by atoms with Gasteiger partial charge in [-0.3, -0.25) is 4.90 Å². The van der Waals surface area contributed by atoms with Gasteiger partial charge in [0.05, 0.1) is 0 Å². The summed E-state index contributed by atoms with van der Waals surface area (Å²) in [7, 11) is 0. The maximum atomic E-state index is 13.8. The molecule has 3 aromatic rings.